The molecule has 0 spiro atoms. The highest BCUT2D eigenvalue weighted by Gasteiger charge is 2.20. The number of aryl methyl sites for hydroxylation is 2. The number of hydrogen-bond acceptors (Lipinski definition) is 8. The van der Waals surface area contributed by atoms with Gasteiger partial charge in [0.2, 0.25) is 11.3 Å². The number of fused-ring (bicyclic) bond motifs is 2. The van der Waals surface area contributed by atoms with Crippen LogP contribution in [0, 0.1) is 12.7 Å². The first-order valence-corrected chi connectivity index (χ1v) is 14.1. The van der Waals surface area contributed by atoms with E-state index in [2.05, 4.69) is 15.3 Å². The van der Waals surface area contributed by atoms with Crippen LogP contribution < -0.4 is 25.0 Å². The molecule has 0 saturated heterocycles. The van der Waals surface area contributed by atoms with E-state index in [0.717, 1.165) is 23.6 Å². The van der Waals surface area contributed by atoms with Gasteiger partial charge < -0.3 is 29.0 Å². The molecule has 1 amide bonds. The number of methoxy groups -OCH3 is 1. The lowest BCUT2D eigenvalue weighted by atomic mass is 10.0. The Kier molecular flexibility index (Phi) is 8.77. The van der Waals surface area contributed by atoms with E-state index < -0.39 is 11.7 Å². The Balaban J connectivity index is 1.40. The molecular weight excluding hydrogens is 565 g/mol. The molecule has 44 heavy (non-hydrogen) atoms. The van der Waals surface area contributed by atoms with Crippen LogP contribution in [0.5, 0.6) is 23.1 Å². The van der Waals surface area contributed by atoms with Crippen LogP contribution in [0.1, 0.15) is 28.5 Å². The van der Waals surface area contributed by atoms with Gasteiger partial charge in [0.25, 0.3) is 5.91 Å². The minimum Gasteiger partial charge on any atom is -0.493 e. The fourth-order valence-electron chi connectivity index (χ4n) is 4.88. The molecule has 11 heteroatoms. The highest BCUT2D eigenvalue weighted by Crippen LogP contribution is 2.36. The van der Waals surface area contributed by atoms with Gasteiger partial charge in [0, 0.05) is 42.5 Å². The van der Waals surface area contributed by atoms with Crippen LogP contribution in [0.25, 0.3) is 21.8 Å². The molecule has 0 aliphatic rings. The minimum absolute atomic E-state index is 0.000420. The molecule has 5 aromatic rings. The fourth-order valence-corrected chi connectivity index (χ4v) is 4.88. The lowest BCUT2D eigenvalue weighted by molar-refractivity contribution is 0.102. The van der Waals surface area contributed by atoms with E-state index in [9.17, 15) is 9.59 Å². The molecular formula is C33H34FN5O5. The van der Waals surface area contributed by atoms with Gasteiger partial charge in [-0.1, -0.05) is 13.0 Å². The van der Waals surface area contributed by atoms with E-state index in [0.29, 0.717) is 46.6 Å². The number of pyridine rings is 1. The summed E-state index contributed by atoms with van der Waals surface area (Å²) in [5.74, 6) is -0.391. The lowest BCUT2D eigenvalue weighted by Crippen LogP contribution is -2.26. The Morgan fingerprint density at radius 3 is 2.52 bits per heavy atom. The van der Waals surface area contributed by atoms with E-state index >= 15 is 4.39 Å². The van der Waals surface area contributed by atoms with Crippen molar-refractivity contribution in [2.24, 2.45) is 7.05 Å². The van der Waals surface area contributed by atoms with Crippen LogP contribution in [0.4, 0.5) is 10.1 Å². The van der Waals surface area contributed by atoms with Gasteiger partial charge in [-0.05, 0) is 63.3 Å². The normalized spacial score (nSPS) is 11.3. The van der Waals surface area contributed by atoms with Gasteiger partial charge in [0.1, 0.15) is 18.5 Å². The summed E-state index contributed by atoms with van der Waals surface area (Å²) in [6, 6.07) is 13.1. The van der Waals surface area contributed by atoms with Gasteiger partial charge in [0.15, 0.2) is 23.1 Å². The standard InChI is InChI=1S/C33H34FN5O5/c1-7-20-8-10-26-23(14-20)31(40)30(19(2)39(26)5)32(41)37-21-9-11-27(24(34)15-21)44-33-22-16-28(42-6)29(43-13-12-38(3)4)17-25(22)35-18-36-33/h8-11,14-18H,7,12-13H2,1-6H3,(H,37,41). The number of nitrogens with one attached hydrogen (secondary N) is 1. The predicted molar refractivity (Wildman–Crippen MR) is 168 cm³/mol. The zero-order valence-corrected chi connectivity index (χ0v) is 25.5. The number of benzene rings is 3. The number of carbonyl (C=O) groups excluding carboxylic acids is 1. The average molecular weight is 600 g/mol. The Morgan fingerprint density at radius 1 is 1.02 bits per heavy atom. The third-order valence-electron chi connectivity index (χ3n) is 7.47. The molecule has 0 unspecified atom stereocenters. The summed E-state index contributed by atoms with van der Waals surface area (Å²) in [6.45, 7) is 4.87. The summed E-state index contributed by atoms with van der Waals surface area (Å²) in [4.78, 5) is 37.2. The number of nitrogens with zero attached hydrogens (tertiary/aromatic N) is 4. The second kappa shape index (κ2) is 12.7. The number of aromatic nitrogens is 3. The van der Waals surface area contributed by atoms with Crippen molar-refractivity contribution >= 4 is 33.4 Å². The Labute approximate surface area is 254 Å². The highest BCUT2D eigenvalue weighted by molar-refractivity contribution is 6.07. The molecule has 0 bridgehead atoms. The van der Waals surface area contributed by atoms with Crippen LogP contribution in [0.3, 0.4) is 0 Å². The molecule has 2 aromatic heterocycles. The van der Waals surface area contributed by atoms with Crippen LogP contribution in [0.2, 0.25) is 0 Å². The molecule has 0 atom stereocenters. The largest absolute Gasteiger partial charge is 0.493 e. The van der Waals surface area contributed by atoms with E-state index in [1.807, 2.05) is 48.7 Å². The average Bonchev–Trinajstić information content (AvgIpc) is 3.00. The Bertz CT molecular complexity index is 1940. The number of hydrogen-bond donors (Lipinski definition) is 1. The number of likely N-dealkylation sites (N-methyl/N-ethyl adjacent to an activating group) is 1. The smallest absolute Gasteiger partial charge is 0.261 e. The topological polar surface area (TPSA) is 108 Å². The molecule has 0 fully saturated rings. The summed E-state index contributed by atoms with van der Waals surface area (Å²) < 4.78 is 34.3. The number of carbonyl (C=O) groups is 1. The molecule has 0 aliphatic carbocycles. The van der Waals surface area contributed by atoms with E-state index in [4.69, 9.17) is 14.2 Å². The van der Waals surface area contributed by atoms with Crippen LogP contribution in [0.15, 0.2) is 59.7 Å². The second-order valence-corrected chi connectivity index (χ2v) is 10.6. The first-order chi connectivity index (χ1) is 21.1. The minimum atomic E-state index is -0.735. The maximum atomic E-state index is 15.3. The number of ether oxygens (including phenoxy) is 3. The van der Waals surface area contributed by atoms with Crippen molar-refractivity contribution in [1.29, 1.82) is 0 Å². The zero-order chi connectivity index (χ0) is 31.5. The van der Waals surface area contributed by atoms with Crippen LogP contribution in [-0.4, -0.2) is 59.7 Å². The van der Waals surface area contributed by atoms with E-state index in [1.54, 1.807) is 26.1 Å². The fraction of sp³-hybridized carbons (Fsp3) is 0.273. The molecule has 228 valence electrons. The third kappa shape index (κ3) is 6.04. The van der Waals surface area contributed by atoms with Gasteiger partial charge >= 0.3 is 0 Å². The monoisotopic (exact) mass is 599 g/mol. The quantitative estimate of drug-likeness (QED) is 0.225. The van der Waals surface area contributed by atoms with Crippen molar-refractivity contribution in [1.82, 2.24) is 19.4 Å². The molecule has 0 radical (unpaired) electrons. The lowest BCUT2D eigenvalue weighted by Gasteiger charge is -2.16. The predicted octanol–water partition coefficient (Wildman–Crippen LogP) is 5.49. The van der Waals surface area contributed by atoms with E-state index in [-0.39, 0.29) is 28.3 Å². The number of halogens is 1. The molecule has 2 heterocycles. The SMILES string of the molecule is CCc1ccc2c(c1)c(=O)c(C(=O)Nc1ccc(Oc3ncnc4cc(OCCN(C)C)c(OC)cc34)c(F)c1)c(C)n2C. The van der Waals surface area contributed by atoms with Gasteiger partial charge in [-0.15, -0.1) is 0 Å². The maximum Gasteiger partial charge on any atom is 0.261 e. The first kappa shape index (κ1) is 30.4. The summed E-state index contributed by atoms with van der Waals surface area (Å²) in [5.41, 5.74) is 2.54. The van der Waals surface area contributed by atoms with Crippen LogP contribution >= 0.6 is 0 Å². The van der Waals surface area contributed by atoms with Crippen molar-refractivity contribution < 1.29 is 23.4 Å². The zero-order valence-electron chi connectivity index (χ0n) is 25.5. The molecule has 0 saturated carbocycles. The summed E-state index contributed by atoms with van der Waals surface area (Å²) in [6.07, 6.45) is 2.07. The van der Waals surface area contributed by atoms with Gasteiger partial charge in [0.05, 0.1) is 23.5 Å². The molecule has 0 aliphatic heterocycles. The van der Waals surface area contributed by atoms with Crippen molar-refractivity contribution in [2.45, 2.75) is 20.3 Å². The van der Waals surface area contributed by atoms with Gasteiger partial charge in [-0.25, -0.2) is 14.4 Å². The Morgan fingerprint density at radius 2 is 1.82 bits per heavy atom. The molecule has 10 nitrogen and oxygen atoms in total. The van der Waals surface area contributed by atoms with Crippen molar-refractivity contribution in [2.75, 3.05) is 39.7 Å². The molecule has 3 aromatic carbocycles. The summed E-state index contributed by atoms with van der Waals surface area (Å²) in [5, 5.41) is 3.61. The van der Waals surface area contributed by atoms with Gasteiger partial charge in [-0.3, -0.25) is 9.59 Å². The third-order valence-corrected chi connectivity index (χ3v) is 7.47. The summed E-state index contributed by atoms with van der Waals surface area (Å²) in [7, 11) is 7.23. The molecule has 1 N–H and O–H groups in total. The number of rotatable bonds is 10. The van der Waals surface area contributed by atoms with Crippen molar-refractivity contribution in [3.63, 3.8) is 0 Å². The molecule has 5 rings (SSSR count). The highest BCUT2D eigenvalue weighted by atomic mass is 19.1. The first-order valence-electron chi connectivity index (χ1n) is 14.1. The van der Waals surface area contributed by atoms with E-state index in [1.165, 1.54) is 25.6 Å². The van der Waals surface area contributed by atoms with Crippen molar-refractivity contribution in [3.05, 3.63) is 87.7 Å². The second-order valence-electron chi connectivity index (χ2n) is 10.6. The Hall–Kier alpha value is -5.03. The van der Waals surface area contributed by atoms with Crippen LogP contribution in [-0.2, 0) is 13.5 Å². The number of anilines is 1. The van der Waals surface area contributed by atoms with Crippen molar-refractivity contribution in [3.8, 4) is 23.1 Å². The maximum absolute atomic E-state index is 15.3. The van der Waals surface area contributed by atoms with Gasteiger partial charge in [-0.2, -0.15) is 0 Å². The number of amides is 1. The summed E-state index contributed by atoms with van der Waals surface area (Å²) >= 11 is 0.